The standard InChI is InChI=1S/C59H92O5/c1-3-5-7-9-11-13-15-17-18-19-20-21-22-23-24-25-26-27-28-29-30-31-32-33-34-35-36-37-38-39-40-42-44-46-48-50-52-54-59(62)64-57(55-60)56-63-58(61)53-51-49-47-45-43-41-16-14-12-10-8-6-4-2/h5-8,11-14,17-18,20-21,23-24,26-27,29-30,32-33,41,43,47,49,57,60H,3-4,9-10,15-16,19,22,25,28,31,34-40,42,44-46,48,50-56H2,1-2H3/b7-5-,8-6-,13-11-,14-12-,18-17-,21-20-,24-23-,27-26-,30-29-,33-32-,43-41-,49-47-. The lowest BCUT2D eigenvalue weighted by Gasteiger charge is -2.15. The first-order valence-corrected chi connectivity index (χ1v) is 25.4. The van der Waals surface area contributed by atoms with Crippen molar-refractivity contribution < 1.29 is 24.2 Å². The second-order valence-electron chi connectivity index (χ2n) is 16.1. The monoisotopic (exact) mass is 881 g/mol. The summed E-state index contributed by atoms with van der Waals surface area (Å²) in [5, 5.41) is 9.59. The van der Waals surface area contributed by atoms with Crippen molar-refractivity contribution in [1.82, 2.24) is 0 Å². The van der Waals surface area contributed by atoms with Gasteiger partial charge in [0.05, 0.1) is 6.61 Å². The van der Waals surface area contributed by atoms with Gasteiger partial charge in [0.1, 0.15) is 6.61 Å². The Morgan fingerprint density at radius 1 is 0.359 bits per heavy atom. The zero-order valence-electron chi connectivity index (χ0n) is 40.7. The Hall–Kier alpha value is -4.22. The highest BCUT2D eigenvalue weighted by Crippen LogP contribution is 2.14. The number of carbonyl (C=O) groups is 2. The third-order valence-electron chi connectivity index (χ3n) is 10.1. The summed E-state index contributed by atoms with van der Waals surface area (Å²) in [7, 11) is 0. The number of aliphatic hydroxyl groups excluding tert-OH is 1. The van der Waals surface area contributed by atoms with Gasteiger partial charge >= 0.3 is 11.9 Å². The molecule has 0 aliphatic heterocycles. The minimum absolute atomic E-state index is 0.113. The quantitative estimate of drug-likeness (QED) is 0.0375. The molecule has 1 atom stereocenters. The third-order valence-corrected chi connectivity index (χ3v) is 10.1. The van der Waals surface area contributed by atoms with Crippen molar-refractivity contribution in [3.63, 3.8) is 0 Å². The Balaban J connectivity index is 3.60. The molecule has 0 saturated heterocycles. The lowest BCUT2D eigenvalue weighted by atomic mass is 10.0. The molecule has 0 aromatic rings. The highest BCUT2D eigenvalue weighted by molar-refractivity contribution is 5.70. The van der Waals surface area contributed by atoms with Crippen LogP contribution in [0.3, 0.4) is 0 Å². The van der Waals surface area contributed by atoms with Crippen LogP contribution in [0.5, 0.6) is 0 Å². The van der Waals surface area contributed by atoms with Crippen LogP contribution in [0.15, 0.2) is 146 Å². The summed E-state index contributed by atoms with van der Waals surface area (Å²) in [5.74, 6) is -0.699. The molecule has 0 fully saturated rings. The number of esters is 2. The molecule has 358 valence electrons. The van der Waals surface area contributed by atoms with Crippen LogP contribution < -0.4 is 0 Å². The summed E-state index contributed by atoms with van der Waals surface area (Å²) < 4.78 is 10.6. The molecule has 0 rings (SSSR count). The molecule has 0 spiro atoms. The normalized spacial score (nSPS) is 13.5. The molecule has 5 nitrogen and oxygen atoms in total. The number of allylic oxidation sites excluding steroid dienone is 24. The molecule has 0 bridgehead atoms. The summed E-state index contributed by atoms with van der Waals surface area (Å²) in [5.41, 5.74) is 0. The fourth-order valence-corrected chi connectivity index (χ4v) is 6.41. The molecule has 0 heterocycles. The summed E-state index contributed by atoms with van der Waals surface area (Å²) in [6.07, 6.45) is 81.1. The highest BCUT2D eigenvalue weighted by atomic mass is 16.6. The zero-order chi connectivity index (χ0) is 46.3. The summed E-state index contributed by atoms with van der Waals surface area (Å²) in [6.45, 7) is 3.82. The second kappa shape index (κ2) is 53.1. The van der Waals surface area contributed by atoms with Crippen molar-refractivity contribution in [3.05, 3.63) is 146 Å². The van der Waals surface area contributed by atoms with Gasteiger partial charge in [-0.05, 0) is 103 Å². The summed E-state index contributed by atoms with van der Waals surface area (Å²) in [4.78, 5) is 24.3. The highest BCUT2D eigenvalue weighted by Gasteiger charge is 2.16. The Morgan fingerprint density at radius 2 is 0.656 bits per heavy atom. The Labute approximate surface area is 393 Å². The number of aliphatic hydroxyl groups is 1. The van der Waals surface area contributed by atoms with E-state index in [0.29, 0.717) is 12.8 Å². The predicted octanol–water partition coefficient (Wildman–Crippen LogP) is 17.1. The molecule has 5 heteroatoms. The van der Waals surface area contributed by atoms with Crippen LogP contribution >= 0.6 is 0 Å². The van der Waals surface area contributed by atoms with Crippen LogP contribution in [0.2, 0.25) is 0 Å². The van der Waals surface area contributed by atoms with E-state index in [1.165, 1.54) is 64.2 Å². The maximum absolute atomic E-state index is 12.2. The average Bonchev–Trinajstić information content (AvgIpc) is 3.30. The van der Waals surface area contributed by atoms with Gasteiger partial charge in [-0.15, -0.1) is 0 Å². The van der Waals surface area contributed by atoms with Gasteiger partial charge in [-0.3, -0.25) is 9.59 Å². The average molecular weight is 881 g/mol. The first kappa shape index (κ1) is 59.8. The van der Waals surface area contributed by atoms with Crippen LogP contribution in [0, 0.1) is 0 Å². The van der Waals surface area contributed by atoms with Crippen LogP contribution in [0.25, 0.3) is 0 Å². The van der Waals surface area contributed by atoms with Crippen molar-refractivity contribution in [2.24, 2.45) is 0 Å². The number of unbranched alkanes of at least 4 members (excludes halogenated alkanes) is 12. The molecular weight excluding hydrogens is 789 g/mol. The van der Waals surface area contributed by atoms with Crippen molar-refractivity contribution in [2.75, 3.05) is 13.2 Å². The largest absolute Gasteiger partial charge is 0.462 e. The van der Waals surface area contributed by atoms with E-state index in [-0.39, 0.29) is 31.6 Å². The lowest BCUT2D eigenvalue weighted by Crippen LogP contribution is -2.28. The Kier molecular flexibility index (Phi) is 49.6. The van der Waals surface area contributed by atoms with Crippen molar-refractivity contribution in [1.29, 1.82) is 0 Å². The number of rotatable bonds is 44. The summed E-state index contributed by atoms with van der Waals surface area (Å²) in [6, 6.07) is 0. The van der Waals surface area contributed by atoms with Gasteiger partial charge in [0.25, 0.3) is 0 Å². The maximum atomic E-state index is 12.2. The number of hydrogen-bond donors (Lipinski definition) is 1. The van der Waals surface area contributed by atoms with Gasteiger partial charge in [0.2, 0.25) is 0 Å². The van der Waals surface area contributed by atoms with Crippen molar-refractivity contribution >= 4 is 11.9 Å². The smallest absolute Gasteiger partial charge is 0.306 e. The molecule has 0 aliphatic rings. The van der Waals surface area contributed by atoms with Crippen LogP contribution in [-0.2, 0) is 19.1 Å². The first-order valence-electron chi connectivity index (χ1n) is 25.4. The van der Waals surface area contributed by atoms with E-state index in [2.05, 4.69) is 148 Å². The third kappa shape index (κ3) is 50.4. The van der Waals surface area contributed by atoms with E-state index in [9.17, 15) is 14.7 Å². The molecule has 64 heavy (non-hydrogen) atoms. The topological polar surface area (TPSA) is 72.8 Å². The van der Waals surface area contributed by atoms with Crippen LogP contribution in [0.1, 0.15) is 194 Å². The maximum Gasteiger partial charge on any atom is 0.306 e. The van der Waals surface area contributed by atoms with Gasteiger partial charge in [0.15, 0.2) is 6.10 Å². The minimum atomic E-state index is -0.811. The van der Waals surface area contributed by atoms with E-state index < -0.39 is 6.10 Å². The Morgan fingerprint density at radius 3 is 1.00 bits per heavy atom. The minimum Gasteiger partial charge on any atom is -0.462 e. The Bertz CT molecular complexity index is 1410. The van der Waals surface area contributed by atoms with Crippen molar-refractivity contribution in [2.45, 2.75) is 200 Å². The molecule has 0 aliphatic carbocycles. The number of hydrogen-bond acceptors (Lipinski definition) is 5. The van der Waals surface area contributed by atoms with Gasteiger partial charge < -0.3 is 14.6 Å². The molecular formula is C59H92O5. The number of ether oxygens (including phenoxy) is 2. The van der Waals surface area contributed by atoms with E-state index in [1.807, 2.05) is 12.2 Å². The van der Waals surface area contributed by atoms with E-state index in [0.717, 1.165) is 96.3 Å². The fraction of sp³-hybridized carbons (Fsp3) is 0.559. The molecule has 0 aromatic heterocycles. The molecule has 0 amide bonds. The molecule has 0 aromatic carbocycles. The van der Waals surface area contributed by atoms with E-state index in [4.69, 9.17) is 9.47 Å². The van der Waals surface area contributed by atoms with Crippen LogP contribution in [-0.4, -0.2) is 36.4 Å². The summed E-state index contributed by atoms with van der Waals surface area (Å²) >= 11 is 0. The van der Waals surface area contributed by atoms with E-state index >= 15 is 0 Å². The molecule has 1 N–H and O–H groups in total. The van der Waals surface area contributed by atoms with Gasteiger partial charge in [-0.1, -0.05) is 224 Å². The molecule has 0 saturated carbocycles. The zero-order valence-corrected chi connectivity index (χ0v) is 40.7. The van der Waals surface area contributed by atoms with Crippen molar-refractivity contribution in [3.8, 4) is 0 Å². The molecule has 1 unspecified atom stereocenters. The van der Waals surface area contributed by atoms with Crippen LogP contribution in [0.4, 0.5) is 0 Å². The first-order chi connectivity index (χ1) is 31.6. The van der Waals surface area contributed by atoms with E-state index in [1.54, 1.807) is 0 Å². The number of carbonyl (C=O) groups excluding carboxylic acids is 2. The SMILES string of the molecule is CC/C=C\C/C=C\C/C=C\C/C=C\C/C=C\C/C=C\C/C=C\C/C=C\CCCCCCCCCCCCCCC(=O)OC(CO)COC(=O)CC/C=C\C/C=C\C/C=C\C/C=C\CC. The van der Waals surface area contributed by atoms with Gasteiger partial charge in [-0.25, -0.2) is 0 Å². The fourth-order valence-electron chi connectivity index (χ4n) is 6.41. The van der Waals surface area contributed by atoms with Gasteiger partial charge in [0, 0.05) is 12.8 Å². The van der Waals surface area contributed by atoms with Gasteiger partial charge in [-0.2, -0.15) is 0 Å². The predicted molar refractivity (Wildman–Crippen MR) is 278 cm³/mol. The molecule has 0 radical (unpaired) electrons. The lowest BCUT2D eigenvalue weighted by molar-refractivity contribution is -0.161. The second-order valence-corrected chi connectivity index (χ2v) is 16.1.